The number of H-pyrrole nitrogens is 1. The molecular weight excluding hydrogens is 468 g/mol. The van der Waals surface area contributed by atoms with Crippen LogP contribution in [0.5, 0.6) is 0 Å². The molecule has 2 fully saturated rings. The summed E-state index contributed by atoms with van der Waals surface area (Å²) < 4.78 is 31.6. The van der Waals surface area contributed by atoms with Crippen LogP contribution in [0, 0.1) is 11.8 Å². The first kappa shape index (κ1) is 22.6. The number of nitrogens with one attached hydrogen (secondary N) is 2. The van der Waals surface area contributed by atoms with Crippen LogP contribution in [0.1, 0.15) is 28.9 Å². The van der Waals surface area contributed by atoms with Gasteiger partial charge in [0.2, 0.25) is 5.95 Å². The monoisotopic (exact) mass is 493 g/mol. The Hall–Kier alpha value is -3.86. The van der Waals surface area contributed by atoms with E-state index in [0.29, 0.717) is 60.3 Å². The highest BCUT2D eigenvalue weighted by Gasteiger charge is 2.26. The number of fused-ring (bicyclic) bond motifs is 3. The molecule has 0 bridgehead atoms. The van der Waals surface area contributed by atoms with E-state index in [4.69, 9.17) is 0 Å². The number of aromatic nitrogens is 4. The fraction of sp³-hybridized carbons (Fsp3) is 0.360. The molecule has 6 rings (SSSR count). The lowest BCUT2D eigenvalue weighted by molar-refractivity contribution is 0.0945. The molecule has 4 heterocycles. The average Bonchev–Trinajstić information content (AvgIpc) is 3.59. The Balaban J connectivity index is 1.15. The van der Waals surface area contributed by atoms with Crippen LogP contribution in [0.25, 0.3) is 21.8 Å². The number of pyridine rings is 2. The molecule has 1 saturated carbocycles. The van der Waals surface area contributed by atoms with Crippen LogP contribution in [0.2, 0.25) is 0 Å². The van der Waals surface area contributed by atoms with Gasteiger partial charge in [-0.05, 0) is 25.0 Å². The van der Waals surface area contributed by atoms with E-state index in [1.54, 1.807) is 42.2 Å². The van der Waals surface area contributed by atoms with E-state index in [-0.39, 0.29) is 28.7 Å². The third-order valence-corrected chi connectivity index (χ3v) is 6.87. The van der Waals surface area contributed by atoms with Gasteiger partial charge in [0, 0.05) is 63.0 Å². The summed E-state index contributed by atoms with van der Waals surface area (Å²) in [6, 6.07) is 6.84. The zero-order valence-corrected chi connectivity index (χ0v) is 19.7. The third kappa shape index (κ3) is 4.09. The minimum atomic E-state index is -0.669. The van der Waals surface area contributed by atoms with Crippen LogP contribution in [-0.4, -0.2) is 62.8 Å². The Morgan fingerprint density at radius 3 is 2.61 bits per heavy atom. The Kier molecular flexibility index (Phi) is 5.44. The molecule has 0 atom stereocenters. The van der Waals surface area contributed by atoms with Gasteiger partial charge in [-0.25, -0.2) is 9.37 Å². The number of amides is 1. The van der Waals surface area contributed by atoms with Gasteiger partial charge in [-0.3, -0.25) is 19.2 Å². The zero-order chi connectivity index (χ0) is 25.0. The van der Waals surface area contributed by atoms with Gasteiger partial charge in [-0.1, -0.05) is 12.1 Å². The fourth-order valence-electron chi connectivity index (χ4n) is 4.76. The first-order valence-electron chi connectivity index (χ1n) is 12.0. The molecule has 0 spiro atoms. The van der Waals surface area contributed by atoms with Crippen LogP contribution in [0.15, 0.2) is 35.3 Å². The van der Waals surface area contributed by atoms with Crippen molar-refractivity contribution in [1.29, 1.82) is 0 Å². The van der Waals surface area contributed by atoms with Crippen LogP contribution in [0.3, 0.4) is 0 Å². The number of nitrogens with zero attached hydrogens (tertiary/aromatic N) is 5. The number of hydrogen-bond acceptors (Lipinski definition) is 6. The number of benzene rings is 1. The minimum Gasteiger partial charge on any atom is -0.365 e. The molecule has 1 saturated heterocycles. The Labute approximate surface area is 204 Å². The largest absolute Gasteiger partial charge is 0.365 e. The highest BCUT2D eigenvalue weighted by molar-refractivity contribution is 6.03. The second-order valence-corrected chi connectivity index (χ2v) is 9.50. The van der Waals surface area contributed by atoms with Crippen molar-refractivity contribution in [3.05, 3.63) is 63.8 Å². The normalized spacial score (nSPS) is 16.7. The van der Waals surface area contributed by atoms with Gasteiger partial charge < -0.3 is 15.2 Å². The van der Waals surface area contributed by atoms with E-state index in [1.165, 1.54) is 0 Å². The second-order valence-electron chi connectivity index (χ2n) is 9.50. The molecule has 9 nitrogen and oxygen atoms in total. The summed E-state index contributed by atoms with van der Waals surface area (Å²) in [4.78, 5) is 35.0. The number of aryl methyl sites for hydroxylation is 1. The van der Waals surface area contributed by atoms with Gasteiger partial charge in [0.15, 0.2) is 5.82 Å². The minimum absolute atomic E-state index is 0.0783. The molecule has 1 aliphatic carbocycles. The molecule has 1 aliphatic heterocycles. The van der Waals surface area contributed by atoms with Crippen molar-refractivity contribution in [2.75, 3.05) is 31.1 Å². The zero-order valence-electron chi connectivity index (χ0n) is 19.7. The first-order valence-corrected chi connectivity index (χ1v) is 12.0. The fourth-order valence-corrected chi connectivity index (χ4v) is 4.76. The summed E-state index contributed by atoms with van der Waals surface area (Å²) >= 11 is 0. The number of carbonyl (C=O) groups is 1. The number of carbonyl (C=O) groups excluding carboxylic acids is 1. The number of anilines is 1. The number of halogens is 2. The van der Waals surface area contributed by atoms with E-state index < -0.39 is 11.8 Å². The molecule has 11 heteroatoms. The van der Waals surface area contributed by atoms with Gasteiger partial charge in [-0.15, -0.1) is 0 Å². The first-order chi connectivity index (χ1) is 17.4. The molecule has 2 aliphatic rings. The number of piperazine rings is 1. The van der Waals surface area contributed by atoms with Crippen molar-refractivity contribution in [2.24, 2.45) is 7.05 Å². The molecule has 3 aromatic heterocycles. The molecule has 0 unspecified atom stereocenters. The lowest BCUT2D eigenvalue weighted by Gasteiger charge is -2.36. The number of rotatable bonds is 5. The van der Waals surface area contributed by atoms with Gasteiger partial charge in [0.1, 0.15) is 11.2 Å². The maximum absolute atomic E-state index is 15.4. The predicted octanol–water partition coefficient (Wildman–Crippen LogP) is 2.30. The van der Waals surface area contributed by atoms with Gasteiger partial charge in [-0.2, -0.15) is 9.49 Å². The van der Waals surface area contributed by atoms with Gasteiger partial charge in [0.25, 0.3) is 11.5 Å². The quantitative estimate of drug-likeness (QED) is 0.414. The molecular formula is C25H25F2N7O2. The molecule has 0 radical (unpaired) electrons. The van der Waals surface area contributed by atoms with Crippen molar-refractivity contribution in [2.45, 2.75) is 25.4 Å². The van der Waals surface area contributed by atoms with Crippen molar-refractivity contribution in [3.63, 3.8) is 0 Å². The Morgan fingerprint density at radius 1 is 1.11 bits per heavy atom. The number of aromatic amines is 1. The molecule has 186 valence electrons. The van der Waals surface area contributed by atoms with Gasteiger partial charge in [0.05, 0.1) is 16.6 Å². The standard InChI is InChI=1S/C25H25F2N7O2/c1-32-13-17-21(31-32)16-5-2-14(20(26)22(16)30-24(17)35)12-33-8-10-34(11-9-33)19-7-6-18(29-23(19)27)25(36)28-15-3-4-15/h2,5-7,13,15H,3-4,8-12H2,1H3,(H,28,36)(H,30,35). The maximum atomic E-state index is 15.4. The second kappa shape index (κ2) is 8.66. The summed E-state index contributed by atoms with van der Waals surface area (Å²) in [6.07, 6.45) is 3.52. The van der Waals surface area contributed by atoms with Crippen LogP contribution >= 0.6 is 0 Å². The highest BCUT2D eigenvalue weighted by Crippen LogP contribution is 2.26. The maximum Gasteiger partial charge on any atom is 0.270 e. The van der Waals surface area contributed by atoms with E-state index >= 15 is 4.39 Å². The van der Waals surface area contributed by atoms with E-state index in [2.05, 4.69) is 25.3 Å². The molecule has 2 N–H and O–H groups in total. The number of hydrogen-bond donors (Lipinski definition) is 2. The van der Waals surface area contributed by atoms with Crippen LogP contribution in [-0.2, 0) is 13.6 Å². The van der Waals surface area contributed by atoms with Crippen LogP contribution < -0.4 is 15.8 Å². The molecule has 36 heavy (non-hydrogen) atoms. The van der Waals surface area contributed by atoms with Crippen molar-refractivity contribution < 1.29 is 13.6 Å². The van der Waals surface area contributed by atoms with Crippen molar-refractivity contribution in [1.82, 2.24) is 30.0 Å². The Bertz CT molecular complexity index is 1550. The highest BCUT2D eigenvalue weighted by atomic mass is 19.1. The van der Waals surface area contributed by atoms with Crippen molar-refractivity contribution in [3.8, 4) is 0 Å². The topological polar surface area (TPSA) is 99.2 Å². The molecule has 4 aromatic rings. The van der Waals surface area contributed by atoms with E-state index in [9.17, 15) is 14.0 Å². The van der Waals surface area contributed by atoms with E-state index in [0.717, 1.165) is 12.8 Å². The Morgan fingerprint density at radius 2 is 1.89 bits per heavy atom. The summed E-state index contributed by atoms with van der Waals surface area (Å²) in [6.45, 7) is 2.62. The van der Waals surface area contributed by atoms with Crippen molar-refractivity contribution >= 4 is 33.4 Å². The van der Waals surface area contributed by atoms with E-state index in [1.807, 2.05) is 4.90 Å². The summed E-state index contributed by atoms with van der Waals surface area (Å²) in [7, 11) is 1.72. The van der Waals surface area contributed by atoms with Crippen LogP contribution in [0.4, 0.5) is 14.5 Å². The van der Waals surface area contributed by atoms with Gasteiger partial charge >= 0.3 is 0 Å². The third-order valence-electron chi connectivity index (χ3n) is 6.87. The average molecular weight is 494 g/mol. The molecule has 1 aromatic carbocycles. The lowest BCUT2D eigenvalue weighted by Crippen LogP contribution is -2.46. The summed E-state index contributed by atoms with van der Waals surface area (Å²) in [5.74, 6) is -1.48. The summed E-state index contributed by atoms with van der Waals surface area (Å²) in [5, 5.41) is 8.12. The lowest BCUT2D eigenvalue weighted by atomic mass is 10.1. The smallest absolute Gasteiger partial charge is 0.270 e. The predicted molar refractivity (Wildman–Crippen MR) is 131 cm³/mol. The molecule has 1 amide bonds. The summed E-state index contributed by atoms with van der Waals surface area (Å²) in [5.41, 5.74) is 1.16. The SMILES string of the molecule is Cn1cc2c(=O)[nH]c3c(F)c(CN4CCN(c5ccc(C(=O)NC6CC6)nc5F)CC4)ccc3c2n1.